The Balaban J connectivity index is 2.43. The van der Waals surface area contributed by atoms with Crippen LogP contribution in [-0.4, -0.2) is 8.42 Å². The number of rotatable bonds is 4. The van der Waals surface area contributed by atoms with Crippen molar-refractivity contribution in [1.29, 1.82) is 0 Å². The van der Waals surface area contributed by atoms with Crippen LogP contribution in [0.5, 0.6) is 0 Å². The molecule has 3 N–H and O–H groups in total. The molecule has 0 aromatic heterocycles. The summed E-state index contributed by atoms with van der Waals surface area (Å²) in [7, 11) is -3.78. The molecule has 0 bridgehead atoms. The van der Waals surface area contributed by atoms with Crippen LogP contribution in [0.15, 0.2) is 28.7 Å². The lowest BCUT2D eigenvalue weighted by atomic mass is 10.2. The SMILES string of the molecule is NS(=O)(=O)NOCc1ccc(Br)cc1. The monoisotopic (exact) mass is 280 g/mol. The van der Waals surface area contributed by atoms with E-state index in [1.165, 1.54) is 0 Å². The fourth-order valence-corrected chi connectivity index (χ4v) is 1.26. The third-order valence-electron chi connectivity index (χ3n) is 1.33. The first-order valence-corrected chi connectivity index (χ1v) is 5.97. The van der Waals surface area contributed by atoms with Gasteiger partial charge in [0.2, 0.25) is 0 Å². The lowest BCUT2D eigenvalue weighted by Crippen LogP contribution is -2.30. The molecule has 7 heteroatoms. The average Bonchev–Trinajstić information content (AvgIpc) is 2.06. The van der Waals surface area contributed by atoms with Gasteiger partial charge >= 0.3 is 0 Å². The standard InChI is InChI=1S/C7H9BrN2O3S/c8-7-3-1-6(2-4-7)5-13-10-14(9,11)12/h1-4,10H,5H2,(H2,9,11,12). The second kappa shape index (κ2) is 4.85. The maximum absolute atomic E-state index is 10.4. The van der Waals surface area contributed by atoms with Crippen LogP contribution in [0.25, 0.3) is 0 Å². The maximum Gasteiger partial charge on any atom is 0.296 e. The van der Waals surface area contributed by atoms with Crippen molar-refractivity contribution in [2.75, 3.05) is 0 Å². The maximum atomic E-state index is 10.4. The fourth-order valence-electron chi connectivity index (χ4n) is 0.776. The Bertz CT molecular complexity index is 390. The Kier molecular flexibility index (Phi) is 4.02. The van der Waals surface area contributed by atoms with E-state index in [1.54, 1.807) is 17.0 Å². The minimum atomic E-state index is -3.78. The molecule has 0 aliphatic rings. The van der Waals surface area contributed by atoms with Gasteiger partial charge in [0.05, 0.1) is 6.61 Å². The first kappa shape index (κ1) is 11.6. The van der Waals surface area contributed by atoms with E-state index in [0.29, 0.717) is 0 Å². The summed E-state index contributed by atoms with van der Waals surface area (Å²) < 4.78 is 21.8. The number of nitrogens with two attached hydrogens (primary N) is 1. The van der Waals surface area contributed by atoms with Crippen LogP contribution < -0.4 is 10.0 Å². The number of nitrogens with one attached hydrogen (secondary N) is 1. The first-order valence-electron chi connectivity index (χ1n) is 3.63. The third kappa shape index (κ3) is 4.68. The molecule has 0 aliphatic heterocycles. The van der Waals surface area contributed by atoms with Gasteiger partial charge in [-0.1, -0.05) is 32.9 Å². The van der Waals surface area contributed by atoms with Crippen LogP contribution >= 0.6 is 15.9 Å². The molecule has 0 radical (unpaired) electrons. The van der Waals surface area contributed by atoms with Crippen LogP contribution in [0.4, 0.5) is 0 Å². The lowest BCUT2D eigenvalue weighted by molar-refractivity contribution is 0.0795. The highest BCUT2D eigenvalue weighted by molar-refractivity contribution is 9.10. The van der Waals surface area contributed by atoms with E-state index < -0.39 is 10.2 Å². The van der Waals surface area contributed by atoms with E-state index in [4.69, 9.17) is 0 Å². The summed E-state index contributed by atoms with van der Waals surface area (Å²) in [6.07, 6.45) is 0. The molecule has 14 heavy (non-hydrogen) atoms. The Labute approximate surface area is 90.5 Å². The predicted molar refractivity (Wildman–Crippen MR) is 55.2 cm³/mol. The average molecular weight is 281 g/mol. The van der Waals surface area contributed by atoms with Crippen molar-refractivity contribution in [3.63, 3.8) is 0 Å². The number of benzene rings is 1. The molecule has 0 fully saturated rings. The minimum Gasteiger partial charge on any atom is -0.281 e. The van der Waals surface area contributed by atoms with Crippen LogP contribution in [0.3, 0.4) is 0 Å². The smallest absolute Gasteiger partial charge is 0.281 e. The minimum absolute atomic E-state index is 0.129. The van der Waals surface area contributed by atoms with E-state index in [-0.39, 0.29) is 6.61 Å². The summed E-state index contributed by atoms with van der Waals surface area (Å²) in [5.41, 5.74) is 0.837. The molecule has 0 atom stereocenters. The van der Waals surface area contributed by atoms with Gasteiger partial charge < -0.3 is 0 Å². The van der Waals surface area contributed by atoms with Gasteiger partial charge in [0.15, 0.2) is 0 Å². The summed E-state index contributed by atoms with van der Waals surface area (Å²) in [6, 6.07) is 7.26. The van der Waals surface area contributed by atoms with Gasteiger partial charge in [0, 0.05) is 4.47 Å². The molecule has 0 saturated carbocycles. The highest BCUT2D eigenvalue weighted by Gasteiger charge is 2.00. The molecule has 1 aromatic rings. The van der Waals surface area contributed by atoms with Crippen molar-refractivity contribution in [3.05, 3.63) is 34.3 Å². The first-order chi connectivity index (χ1) is 6.47. The van der Waals surface area contributed by atoms with Gasteiger partial charge in [-0.3, -0.25) is 4.84 Å². The predicted octanol–water partition coefficient (Wildman–Crippen LogP) is 0.674. The molecule has 78 valence electrons. The third-order valence-corrected chi connectivity index (χ3v) is 2.21. The Hall–Kier alpha value is -0.470. The highest BCUT2D eigenvalue weighted by Crippen LogP contribution is 2.10. The molecule has 0 aliphatic carbocycles. The van der Waals surface area contributed by atoms with E-state index in [0.717, 1.165) is 10.0 Å². The summed E-state index contributed by atoms with van der Waals surface area (Å²) >= 11 is 3.27. The molecule has 0 spiro atoms. The summed E-state index contributed by atoms with van der Waals surface area (Å²) in [5, 5.41) is 4.65. The molecule has 0 unspecified atom stereocenters. The quantitative estimate of drug-likeness (QED) is 0.796. The van der Waals surface area contributed by atoms with Crippen LogP contribution in [-0.2, 0) is 21.7 Å². The molecule has 0 heterocycles. The zero-order chi connectivity index (χ0) is 10.6. The van der Waals surface area contributed by atoms with Gasteiger partial charge in [0.1, 0.15) is 0 Å². The normalized spacial score (nSPS) is 11.6. The Morgan fingerprint density at radius 1 is 1.36 bits per heavy atom. The van der Waals surface area contributed by atoms with Gasteiger partial charge in [0.25, 0.3) is 10.2 Å². The molecule has 1 rings (SSSR count). The summed E-state index contributed by atoms with van der Waals surface area (Å²) in [5.74, 6) is 0. The molecule has 1 aromatic carbocycles. The Morgan fingerprint density at radius 3 is 2.43 bits per heavy atom. The van der Waals surface area contributed by atoms with Crippen molar-refractivity contribution in [2.24, 2.45) is 5.14 Å². The summed E-state index contributed by atoms with van der Waals surface area (Å²) in [6.45, 7) is 0.129. The van der Waals surface area contributed by atoms with E-state index in [9.17, 15) is 8.42 Å². The van der Waals surface area contributed by atoms with Crippen molar-refractivity contribution in [1.82, 2.24) is 4.89 Å². The molecular weight excluding hydrogens is 272 g/mol. The fraction of sp³-hybridized carbons (Fsp3) is 0.143. The zero-order valence-corrected chi connectivity index (χ0v) is 9.51. The second-order valence-electron chi connectivity index (χ2n) is 2.54. The van der Waals surface area contributed by atoms with Crippen molar-refractivity contribution in [3.8, 4) is 0 Å². The molecule has 5 nitrogen and oxygen atoms in total. The van der Waals surface area contributed by atoms with E-state index in [1.807, 2.05) is 12.1 Å². The molecule has 0 amide bonds. The van der Waals surface area contributed by atoms with E-state index >= 15 is 0 Å². The van der Waals surface area contributed by atoms with Gasteiger partial charge in [-0.15, -0.1) is 0 Å². The highest BCUT2D eigenvalue weighted by atomic mass is 79.9. The van der Waals surface area contributed by atoms with Gasteiger partial charge in [-0.05, 0) is 17.7 Å². The number of hydrogen-bond acceptors (Lipinski definition) is 3. The van der Waals surface area contributed by atoms with Crippen molar-refractivity contribution < 1.29 is 13.3 Å². The molecule has 0 saturated heterocycles. The van der Waals surface area contributed by atoms with Gasteiger partial charge in [-0.25, -0.2) is 5.14 Å². The van der Waals surface area contributed by atoms with Crippen LogP contribution in [0, 0.1) is 0 Å². The lowest BCUT2D eigenvalue weighted by Gasteiger charge is -2.03. The van der Waals surface area contributed by atoms with Crippen molar-refractivity contribution in [2.45, 2.75) is 6.61 Å². The van der Waals surface area contributed by atoms with Gasteiger partial charge in [-0.2, -0.15) is 8.42 Å². The largest absolute Gasteiger partial charge is 0.296 e. The zero-order valence-electron chi connectivity index (χ0n) is 7.10. The summed E-state index contributed by atoms with van der Waals surface area (Å²) in [4.78, 5) is 6.37. The van der Waals surface area contributed by atoms with E-state index in [2.05, 4.69) is 25.9 Å². The number of hydrogen-bond donors (Lipinski definition) is 2. The Morgan fingerprint density at radius 2 is 1.93 bits per heavy atom. The number of halogens is 1. The van der Waals surface area contributed by atoms with Crippen LogP contribution in [0.2, 0.25) is 0 Å². The molecular formula is C7H9BrN2O3S. The second-order valence-corrected chi connectivity index (χ2v) is 4.72. The van der Waals surface area contributed by atoms with Crippen LogP contribution in [0.1, 0.15) is 5.56 Å². The van der Waals surface area contributed by atoms with Crippen molar-refractivity contribution >= 4 is 26.1 Å². The topological polar surface area (TPSA) is 81.4 Å².